The SMILES string of the molecule is COc1ccc2ccccc2c1/C=C1/SC(=S)N(c2ccccc2C)C1=O. The average molecular weight is 392 g/mol. The number of hydrogen-bond donors (Lipinski definition) is 0. The summed E-state index contributed by atoms with van der Waals surface area (Å²) in [5.74, 6) is 0.629. The normalized spacial score (nSPS) is 15.8. The van der Waals surface area contributed by atoms with Gasteiger partial charge in [0.1, 0.15) is 5.75 Å². The van der Waals surface area contributed by atoms with Crippen LogP contribution in [0.4, 0.5) is 5.69 Å². The topological polar surface area (TPSA) is 29.5 Å². The van der Waals surface area contributed by atoms with Gasteiger partial charge in [-0.1, -0.05) is 72.5 Å². The molecule has 0 saturated carbocycles. The summed E-state index contributed by atoms with van der Waals surface area (Å²) in [6.07, 6.45) is 1.89. The van der Waals surface area contributed by atoms with Crippen LogP contribution in [0, 0.1) is 6.92 Å². The number of aryl methyl sites for hydroxylation is 1. The van der Waals surface area contributed by atoms with Crippen LogP contribution < -0.4 is 9.64 Å². The zero-order chi connectivity index (χ0) is 19.0. The second-order valence-electron chi connectivity index (χ2n) is 6.21. The summed E-state index contributed by atoms with van der Waals surface area (Å²) in [6, 6.07) is 19.8. The fourth-order valence-corrected chi connectivity index (χ4v) is 4.49. The number of para-hydroxylation sites is 1. The van der Waals surface area contributed by atoms with Crippen molar-refractivity contribution < 1.29 is 9.53 Å². The molecule has 0 atom stereocenters. The van der Waals surface area contributed by atoms with Crippen molar-refractivity contribution in [2.24, 2.45) is 0 Å². The van der Waals surface area contributed by atoms with E-state index < -0.39 is 0 Å². The smallest absolute Gasteiger partial charge is 0.270 e. The lowest BCUT2D eigenvalue weighted by Crippen LogP contribution is -2.28. The van der Waals surface area contributed by atoms with Crippen molar-refractivity contribution in [1.82, 2.24) is 0 Å². The first kappa shape index (κ1) is 17.8. The Morgan fingerprint density at radius 1 is 1.04 bits per heavy atom. The molecule has 3 aromatic rings. The summed E-state index contributed by atoms with van der Waals surface area (Å²) < 4.78 is 6.09. The summed E-state index contributed by atoms with van der Waals surface area (Å²) in [5.41, 5.74) is 2.73. The van der Waals surface area contributed by atoms with Gasteiger partial charge in [0, 0.05) is 5.56 Å². The van der Waals surface area contributed by atoms with E-state index in [0.717, 1.165) is 33.3 Å². The molecule has 1 heterocycles. The van der Waals surface area contributed by atoms with Crippen LogP contribution in [-0.2, 0) is 4.79 Å². The predicted molar refractivity (Wildman–Crippen MR) is 117 cm³/mol. The summed E-state index contributed by atoms with van der Waals surface area (Å²) in [6.45, 7) is 1.98. The molecule has 134 valence electrons. The fourth-order valence-electron chi connectivity index (χ4n) is 3.22. The number of ether oxygens (including phenoxy) is 1. The van der Waals surface area contributed by atoms with E-state index in [0.29, 0.717) is 9.23 Å². The van der Waals surface area contributed by atoms with Crippen LogP contribution in [0.5, 0.6) is 5.75 Å². The highest BCUT2D eigenvalue weighted by Gasteiger charge is 2.34. The Bertz CT molecular complexity index is 1100. The minimum absolute atomic E-state index is 0.103. The quantitative estimate of drug-likeness (QED) is 0.432. The Morgan fingerprint density at radius 3 is 2.56 bits per heavy atom. The summed E-state index contributed by atoms with van der Waals surface area (Å²) >= 11 is 6.83. The third-order valence-electron chi connectivity index (χ3n) is 4.58. The van der Waals surface area contributed by atoms with Crippen LogP contribution in [-0.4, -0.2) is 17.3 Å². The van der Waals surface area contributed by atoms with E-state index in [9.17, 15) is 4.79 Å². The Labute approximate surface area is 167 Å². The molecule has 1 saturated heterocycles. The van der Waals surface area contributed by atoms with E-state index >= 15 is 0 Å². The van der Waals surface area contributed by atoms with Gasteiger partial charge in [0.15, 0.2) is 4.32 Å². The Balaban J connectivity index is 1.82. The highest BCUT2D eigenvalue weighted by molar-refractivity contribution is 8.27. The van der Waals surface area contributed by atoms with Crippen LogP contribution >= 0.6 is 24.0 Å². The van der Waals surface area contributed by atoms with Gasteiger partial charge in [-0.25, -0.2) is 0 Å². The number of benzene rings is 3. The van der Waals surface area contributed by atoms with Gasteiger partial charge in [-0.3, -0.25) is 9.69 Å². The Kier molecular flexibility index (Phi) is 4.72. The molecule has 0 unspecified atom stereocenters. The highest BCUT2D eigenvalue weighted by atomic mass is 32.2. The lowest BCUT2D eigenvalue weighted by atomic mass is 10.0. The van der Waals surface area contributed by atoms with Crippen LogP contribution in [0.15, 0.2) is 65.6 Å². The molecular formula is C22H17NO2S2. The van der Waals surface area contributed by atoms with E-state index in [1.54, 1.807) is 12.0 Å². The van der Waals surface area contributed by atoms with Gasteiger partial charge in [0.25, 0.3) is 5.91 Å². The zero-order valence-corrected chi connectivity index (χ0v) is 16.6. The number of carbonyl (C=O) groups excluding carboxylic acids is 1. The number of fused-ring (bicyclic) bond motifs is 1. The van der Waals surface area contributed by atoms with Gasteiger partial charge < -0.3 is 4.74 Å². The molecule has 0 bridgehead atoms. The minimum Gasteiger partial charge on any atom is -0.496 e. The van der Waals surface area contributed by atoms with Gasteiger partial charge >= 0.3 is 0 Å². The average Bonchev–Trinajstić information content (AvgIpc) is 2.96. The number of carbonyl (C=O) groups is 1. The van der Waals surface area contributed by atoms with Crippen LogP contribution in [0.1, 0.15) is 11.1 Å². The third kappa shape index (κ3) is 3.13. The molecule has 0 radical (unpaired) electrons. The molecular weight excluding hydrogens is 374 g/mol. The number of amides is 1. The largest absolute Gasteiger partial charge is 0.496 e. The zero-order valence-electron chi connectivity index (χ0n) is 14.9. The molecule has 0 aliphatic carbocycles. The molecule has 1 aliphatic heterocycles. The second-order valence-corrected chi connectivity index (χ2v) is 7.88. The maximum absolute atomic E-state index is 13.1. The van der Waals surface area contributed by atoms with Gasteiger partial charge in [0.2, 0.25) is 0 Å². The molecule has 3 nitrogen and oxygen atoms in total. The van der Waals surface area contributed by atoms with Crippen molar-refractivity contribution >= 4 is 56.7 Å². The molecule has 0 aromatic heterocycles. The van der Waals surface area contributed by atoms with E-state index in [4.69, 9.17) is 17.0 Å². The van der Waals surface area contributed by atoms with E-state index in [-0.39, 0.29) is 5.91 Å². The second kappa shape index (κ2) is 7.18. The molecule has 4 rings (SSSR count). The Hall–Kier alpha value is -2.63. The van der Waals surface area contributed by atoms with Crippen LogP contribution in [0.3, 0.4) is 0 Å². The van der Waals surface area contributed by atoms with Crippen molar-refractivity contribution in [3.05, 3.63) is 76.7 Å². The van der Waals surface area contributed by atoms with Crippen molar-refractivity contribution in [2.75, 3.05) is 12.0 Å². The number of thiocarbonyl (C=S) groups is 1. The number of nitrogens with zero attached hydrogens (tertiary/aromatic N) is 1. The maximum atomic E-state index is 13.1. The monoisotopic (exact) mass is 391 g/mol. The minimum atomic E-state index is -0.103. The van der Waals surface area contributed by atoms with E-state index in [1.807, 2.05) is 73.7 Å². The molecule has 27 heavy (non-hydrogen) atoms. The number of thioether (sulfide) groups is 1. The Morgan fingerprint density at radius 2 is 1.78 bits per heavy atom. The van der Waals surface area contributed by atoms with Gasteiger partial charge in [-0.2, -0.15) is 0 Å². The van der Waals surface area contributed by atoms with Crippen LogP contribution in [0.25, 0.3) is 16.8 Å². The van der Waals surface area contributed by atoms with Crippen molar-refractivity contribution in [2.45, 2.75) is 6.92 Å². The first-order valence-corrected chi connectivity index (χ1v) is 9.72. The summed E-state index contributed by atoms with van der Waals surface area (Å²) in [4.78, 5) is 15.3. The van der Waals surface area contributed by atoms with Gasteiger partial charge in [-0.05, 0) is 41.5 Å². The number of hydrogen-bond acceptors (Lipinski definition) is 4. The first-order valence-electron chi connectivity index (χ1n) is 8.49. The number of methoxy groups -OCH3 is 1. The maximum Gasteiger partial charge on any atom is 0.270 e. The highest BCUT2D eigenvalue weighted by Crippen LogP contribution is 2.39. The van der Waals surface area contributed by atoms with Crippen molar-refractivity contribution in [1.29, 1.82) is 0 Å². The standard InChI is InChI=1S/C22H17NO2S2/c1-14-7-3-6-10-18(14)23-21(24)20(27-22(23)26)13-17-16-9-5-4-8-15(16)11-12-19(17)25-2/h3-13H,1-2H3/b20-13+. The fraction of sp³-hybridized carbons (Fsp3) is 0.0909. The number of rotatable bonds is 3. The van der Waals surface area contributed by atoms with Gasteiger partial charge in [0.05, 0.1) is 17.7 Å². The molecule has 1 fully saturated rings. The van der Waals surface area contributed by atoms with Crippen molar-refractivity contribution in [3.63, 3.8) is 0 Å². The number of anilines is 1. The molecule has 1 amide bonds. The van der Waals surface area contributed by atoms with Crippen LogP contribution in [0.2, 0.25) is 0 Å². The molecule has 5 heteroatoms. The predicted octanol–water partition coefficient (Wildman–Crippen LogP) is 5.56. The lowest BCUT2D eigenvalue weighted by Gasteiger charge is -2.16. The summed E-state index contributed by atoms with van der Waals surface area (Å²) in [5, 5.41) is 2.14. The first-order chi connectivity index (χ1) is 13.1. The van der Waals surface area contributed by atoms with E-state index in [2.05, 4.69) is 0 Å². The molecule has 1 aliphatic rings. The molecule has 0 spiro atoms. The molecule has 3 aromatic carbocycles. The molecule has 0 N–H and O–H groups in total. The summed E-state index contributed by atoms with van der Waals surface area (Å²) in [7, 11) is 1.64. The third-order valence-corrected chi connectivity index (χ3v) is 5.88. The van der Waals surface area contributed by atoms with Crippen molar-refractivity contribution in [3.8, 4) is 5.75 Å². The lowest BCUT2D eigenvalue weighted by molar-refractivity contribution is -0.113. The van der Waals surface area contributed by atoms with E-state index in [1.165, 1.54) is 11.8 Å². The van der Waals surface area contributed by atoms with Gasteiger partial charge in [-0.15, -0.1) is 0 Å².